The molecule has 0 saturated heterocycles. The fourth-order valence-corrected chi connectivity index (χ4v) is 2.21. The Morgan fingerprint density at radius 3 is 2.75 bits per heavy atom. The van der Waals surface area contributed by atoms with E-state index in [1.807, 2.05) is 6.20 Å². The van der Waals surface area contributed by atoms with Crippen LogP contribution in [0.4, 0.5) is 5.95 Å². The molecule has 1 N–H and O–H groups in total. The molecule has 0 aliphatic rings. The van der Waals surface area contributed by atoms with Crippen LogP contribution in [0.5, 0.6) is 0 Å². The van der Waals surface area contributed by atoms with Crippen molar-refractivity contribution in [2.75, 3.05) is 11.9 Å². The first kappa shape index (κ1) is 13.4. The number of hydrogen-bond donors (Lipinski definition) is 1. The maximum atomic E-state index is 6.28. The standard InChI is InChI=1S/C12H22ClN3/c1-5-16-7-6-14-11(16)15-9-10(13)8-12(2,3)4/h6-7,10H,5,8-9H2,1-4H3,(H,14,15). The topological polar surface area (TPSA) is 29.9 Å². The molecule has 0 fully saturated rings. The van der Waals surface area contributed by atoms with E-state index < -0.39 is 0 Å². The number of halogens is 1. The average Bonchev–Trinajstić information content (AvgIpc) is 2.59. The van der Waals surface area contributed by atoms with E-state index in [9.17, 15) is 0 Å². The molecular formula is C12H22ClN3. The number of nitrogens with zero attached hydrogens (tertiary/aromatic N) is 2. The Kier molecular flexibility index (Phi) is 4.66. The molecule has 92 valence electrons. The van der Waals surface area contributed by atoms with Crippen LogP contribution in [0.2, 0.25) is 0 Å². The number of anilines is 1. The SMILES string of the molecule is CCn1ccnc1NCC(Cl)CC(C)(C)C. The molecule has 1 unspecified atom stereocenters. The molecule has 0 bridgehead atoms. The van der Waals surface area contributed by atoms with Gasteiger partial charge in [0.15, 0.2) is 0 Å². The van der Waals surface area contributed by atoms with Gasteiger partial charge in [0.1, 0.15) is 0 Å². The lowest BCUT2D eigenvalue weighted by Crippen LogP contribution is -2.22. The van der Waals surface area contributed by atoms with Gasteiger partial charge in [0.25, 0.3) is 0 Å². The molecule has 4 heteroatoms. The highest BCUT2D eigenvalue weighted by Crippen LogP contribution is 2.23. The zero-order chi connectivity index (χ0) is 12.2. The highest BCUT2D eigenvalue weighted by molar-refractivity contribution is 6.20. The fraction of sp³-hybridized carbons (Fsp3) is 0.750. The minimum atomic E-state index is 0.141. The summed E-state index contributed by atoms with van der Waals surface area (Å²) in [7, 11) is 0. The van der Waals surface area contributed by atoms with Crippen molar-refractivity contribution in [3.05, 3.63) is 12.4 Å². The third kappa shape index (κ3) is 4.44. The van der Waals surface area contributed by atoms with Gasteiger partial charge >= 0.3 is 0 Å². The zero-order valence-electron chi connectivity index (χ0n) is 10.6. The Labute approximate surface area is 103 Å². The number of hydrogen-bond acceptors (Lipinski definition) is 2. The van der Waals surface area contributed by atoms with E-state index in [1.54, 1.807) is 6.20 Å². The molecule has 0 aliphatic heterocycles. The largest absolute Gasteiger partial charge is 0.354 e. The minimum absolute atomic E-state index is 0.141. The summed E-state index contributed by atoms with van der Waals surface area (Å²) in [4.78, 5) is 4.25. The van der Waals surface area contributed by atoms with Crippen LogP contribution in [0.3, 0.4) is 0 Å². The van der Waals surface area contributed by atoms with E-state index in [2.05, 4.69) is 42.6 Å². The number of alkyl halides is 1. The van der Waals surface area contributed by atoms with Crippen LogP contribution in [0, 0.1) is 5.41 Å². The highest BCUT2D eigenvalue weighted by atomic mass is 35.5. The number of aromatic nitrogens is 2. The Hall–Kier alpha value is -0.700. The first-order chi connectivity index (χ1) is 7.42. The van der Waals surface area contributed by atoms with Crippen molar-refractivity contribution in [3.8, 4) is 0 Å². The monoisotopic (exact) mass is 243 g/mol. The van der Waals surface area contributed by atoms with Gasteiger partial charge in [-0.05, 0) is 18.8 Å². The Bertz CT molecular complexity index is 314. The van der Waals surface area contributed by atoms with Crippen LogP contribution < -0.4 is 5.32 Å². The summed E-state index contributed by atoms with van der Waals surface area (Å²) in [6.45, 7) is 10.4. The summed E-state index contributed by atoms with van der Waals surface area (Å²) in [5.41, 5.74) is 0.272. The van der Waals surface area contributed by atoms with Gasteiger partial charge in [-0.1, -0.05) is 20.8 Å². The highest BCUT2D eigenvalue weighted by Gasteiger charge is 2.16. The molecule has 16 heavy (non-hydrogen) atoms. The number of aryl methyl sites for hydroxylation is 1. The summed E-state index contributed by atoms with van der Waals surface area (Å²) >= 11 is 6.28. The Morgan fingerprint density at radius 2 is 2.19 bits per heavy atom. The maximum absolute atomic E-state index is 6.28. The lowest BCUT2D eigenvalue weighted by Gasteiger charge is -2.22. The van der Waals surface area contributed by atoms with E-state index in [-0.39, 0.29) is 10.8 Å². The molecule has 0 aliphatic carbocycles. The quantitative estimate of drug-likeness (QED) is 0.804. The van der Waals surface area contributed by atoms with Crippen LogP contribution in [-0.4, -0.2) is 21.5 Å². The predicted molar refractivity (Wildman–Crippen MR) is 70.1 cm³/mol. The van der Waals surface area contributed by atoms with E-state index in [4.69, 9.17) is 11.6 Å². The molecule has 1 atom stereocenters. The summed E-state index contributed by atoms with van der Waals surface area (Å²) in [6.07, 6.45) is 4.77. The molecule has 1 aromatic heterocycles. The molecular weight excluding hydrogens is 222 g/mol. The van der Waals surface area contributed by atoms with Gasteiger partial charge in [-0.2, -0.15) is 0 Å². The van der Waals surface area contributed by atoms with Gasteiger partial charge < -0.3 is 9.88 Å². The summed E-state index contributed by atoms with van der Waals surface area (Å²) in [6, 6.07) is 0. The molecule has 0 amide bonds. The smallest absolute Gasteiger partial charge is 0.202 e. The molecule has 3 nitrogen and oxygen atoms in total. The fourth-order valence-electron chi connectivity index (χ4n) is 1.67. The van der Waals surface area contributed by atoms with E-state index in [0.717, 1.165) is 25.5 Å². The van der Waals surface area contributed by atoms with Crippen molar-refractivity contribution in [3.63, 3.8) is 0 Å². The van der Waals surface area contributed by atoms with Gasteiger partial charge in [0, 0.05) is 25.5 Å². The molecule has 0 aromatic carbocycles. The molecule has 0 spiro atoms. The second kappa shape index (κ2) is 5.58. The molecule has 1 aromatic rings. The van der Waals surface area contributed by atoms with E-state index in [1.165, 1.54) is 0 Å². The third-order valence-corrected chi connectivity index (χ3v) is 2.68. The van der Waals surface area contributed by atoms with Crippen molar-refractivity contribution in [1.29, 1.82) is 0 Å². The number of rotatable bonds is 5. The van der Waals surface area contributed by atoms with Gasteiger partial charge in [0.2, 0.25) is 5.95 Å². The van der Waals surface area contributed by atoms with Gasteiger partial charge in [0.05, 0.1) is 5.38 Å². The second-order valence-corrected chi connectivity index (χ2v) is 5.90. The van der Waals surface area contributed by atoms with Gasteiger partial charge in [-0.3, -0.25) is 0 Å². The van der Waals surface area contributed by atoms with E-state index in [0.29, 0.717) is 0 Å². The van der Waals surface area contributed by atoms with E-state index >= 15 is 0 Å². The Morgan fingerprint density at radius 1 is 1.50 bits per heavy atom. The lowest BCUT2D eigenvalue weighted by molar-refractivity contribution is 0.373. The average molecular weight is 244 g/mol. The van der Waals surface area contributed by atoms with Gasteiger partial charge in [-0.25, -0.2) is 4.98 Å². The van der Waals surface area contributed by atoms with Crippen LogP contribution in [0.25, 0.3) is 0 Å². The first-order valence-electron chi connectivity index (χ1n) is 5.81. The van der Waals surface area contributed by atoms with Crippen molar-refractivity contribution in [2.24, 2.45) is 5.41 Å². The maximum Gasteiger partial charge on any atom is 0.202 e. The number of imidazole rings is 1. The third-order valence-electron chi connectivity index (χ3n) is 2.37. The van der Waals surface area contributed by atoms with Crippen LogP contribution in [0.1, 0.15) is 34.1 Å². The normalized spacial score (nSPS) is 13.8. The number of nitrogens with one attached hydrogen (secondary N) is 1. The molecule has 1 rings (SSSR count). The second-order valence-electron chi connectivity index (χ2n) is 5.28. The zero-order valence-corrected chi connectivity index (χ0v) is 11.4. The van der Waals surface area contributed by atoms with Crippen LogP contribution in [0.15, 0.2) is 12.4 Å². The van der Waals surface area contributed by atoms with Crippen molar-refractivity contribution >= 4 is 17.5 Å². The van der Waals surface area contributed by atoms with Gasteiger partial charge in [-0.15, -0.1) is 11.6 Å². The van der Waals surface area contributed by atoms with Crippen LogP contribution in [-0.2, 0) is 6.54 Å². The lowest BCUT2D eigenvalue weighted by atomic mass is 9.90. The molecule has 0 saturated carbocycles. The molecule has 1 heterocycles. The van der Waals surface area contributed by atoms with Crippen molar-refractivity contribution < 1.29 is 0 Å². The summed E-state index contributed by atoms with van der Waals surface area (Å²) < 4.78 is 2.07. The predicted octanol–water partition coefficient (Wildman–Crippen LogP) is 3.36. The Balaban J connectivity index is 2.40. The summed E-state index contributed by atoms with van der Waals surface area (Å²) in [5.74, 6) is 0.905. The molecule has 0 radical (unpaired) electrons. The van der Waals surface area contributed by atoms with Crippen LogP contribution >= 0.6 is 11.6 Å². The minimum Gasteiger partial charge on any atom is -0.354 e. The first-order valence-corrected chi connectivity index (χ1v) is 6.25. The van der Waals surface area contributed by atoms with Crippen molar-refractivity contribution in [1.82, 2.24) is 9.55 Å². The summed E-state index contributed by atoms with van der Waals surface area (Å²) in [5, 5.41) is 3.43. The van der Waals surface area contributed by atoms with Crippen molar-refractivity contribution in [2.45, 2.75) is 46.0 Å².